The van der Waals surface area contributed by atoms with Gasteiger partial charge in [0.15, 0.2) is 0 Å². The van der Waals surface area contributed by atoms with Crippen molar-refractivity contribution in [3.8, 4) is 11.8 Å². The van der Waals surface area contributed by atoms with E-state index in [0.29, 0.717) is 25.9 Å². The van der Waals surface area contributed by atoms with Crippen LogP contribution in [0, 0.1) is 11.3 Å². The topological polar surface area (TPSA) is 73.6 Å². The van der Waals surface area contributed by atoms with Gasteiger partial charge >= 0.3 is 12.3 Å². The number of nitrogens with zero attached hydrogens (tertiary/aromatic N) is 2. The third kappa shape index (κ3) is 3.61. The average Bonchev–Trinajstić information content (AvgIpc) is 2.46. The van der Waals surface area contributed by atoms with E-state index in [1.54, 1.807) is 0 Å². The highest BCUT2D eigenvalue weighted by Crippen LogP contribution is 2.34. The summed E-state index contributed by atoms with van der Waals surface area (Å²) < 4.78 is 43.6. The number of carbonyl (C=O) groups is 1. The summed E-state index contributed by atoms with van der Waals surface area (Å²) in [6, 6.07) is 4.57. The normalized spacial score (nSPS) is 16.2. The second kappa shape index (κ2) is 6.13. The number of hydrogen-bond acceptors (Lipinski definition) is 3. The number of nitriles is 1. The minimum Gasteiger partial charge on any atom is -0.490 e. The van der Waals surface area contributed by atoms with Gasteiger partial charge in [0.2, 0.25) is 0 Å². The molecule has 118 valence electrons. The molecule has 1 amide bonds. The SMILES string of the molecule is N#Cc1cc(OC2CCN(C(=O)O)CC2)ccc1C(F)(F)F. The van der Waals surface area contributed by atoms with E-state index in [0.717, 1.165) is 12.1 Å². The smallest absolute Gasteiger partial charge is 0.417 e. The van der Waals surface area contributed by atoms with Crippen LogP contribution in [0.2, 0.25) is 0 Å². The third-order valence-corrected chi connectivity index (χ3v) is 3.43. The van der Waals surface area contributed by atoms with Gasteiger partial charge in [-0.25, -0.2) is 4.79 Å². The number of likely N-dealkylation sites (tertiary alicyclic amines) is 1. The van der Waals surface area contributed by atoms with Gasteiger partial charge in [0.1, 0.15) is 11.9 Å². The van der Waals surface area contributed by atoms with Gasteiger partial charge in [-0.2, -0.15) is 18.4 Å². The van der Waals surface area contributed by atoms with Gasteiger partial charge < -0.3 is 14.7 Å². The Labute approximate surface area is 124 Å². The van der Waals surface area contributed by atoms with Crippen LogP contribution in [0.1, 0.15) is 24.0 Å². The quantitative estimate of drug-likeness (QED) is 0.910. The van der Waals surface area contributed by atoms with Crippen LogP contribution >= 0.6 is 0 Å². The predicted octanol–water partition coefficient (Wildman–Crippen LogP) is 3.10. The van der Waals surface area contributed by atoms with Crippen LogP contribution in [-0.4, -0.2) is 35.3 Å². The molecule has 0 aliphatic carbocycles. The van der Waals surface area contributed by atoms with E-state index in [-0.39, 0.29) is 11.9 Å². The largest absolute Gasteiger partial charge is 0.490 e. The first kappa shape index (κ1) is 15.9. The number of alkyl halides is 3. The van der Waals surface area contributed by atoms with Gasteiger partial charge in [0, 0.05) is 25.9 Å². The molecular weight excluding hydrogens is 301 g/mol. The van der Waals surface area contributed by atoms with Crippen molar-refractivity contribution in [2.45, 2.75) is 25.1 Å². The van der Waals surface area contributed by atoms with E-state index >= 15 is 0 Å². The van der Waals surface area contributed by atoms with Crippen LogP contribution in [0.25, 0.3) is 0 Å². The molecule has 1 aliphatic rings. The summed E-state index contributed by atoms with van der Waals surface area (Å²) in [4.78, 5) is 12.0. The molecule has 0 spiro atoms. The Kier molecular flexibility index (Phi) is 4.45. The van der Waals surface area contributed by atoms with E-state index in [1.807, 2.05) is 0 Å². The van der Waals surface area contributed by atoms with Gasteiger partial charge in [-0.3, -0.25) is 0 Å². The zero-order valence-corrected chi connectivity index (χ0v) is 11.4. The molecule has 0 atom stereocenters. The van der Waals surface area contributed by atoms with Gasteiger partial charge in [-0.15, -0.1) is 0 Å². The van der Waals surface area contributed by atoms with Crippen molar-refractivity contribution in [1.82, 2.24) is 4.90 Å². The van der Waals surface area contributed by atoms with Crippen LogP contribution in [0.3, 0.4) is 0 Å². The van der Waals surface area contributed by atoms with Crippen LogP contribution in [-0.2, 0) is 6.18 Å². The molecule has 0 bridgehead atoms. The summed E-state index contributed by atoms with van der Waals surface area (Å²) in [5.41, 5.74) is -1.49. The molecule has 1 saturated heterocycles. The Morgan fingerprint density at radius 3 is 2.50 bits per heavy atom. The summed E-state index contributed by atoms with van der Waals surface area (Å²) in [6.07, 6.45) is -4.96. The molecule has 1 aromatic rings. The van der Waals surface area contributed by atoms with Gasteiger partial charge in [0.05, 0.1) is 17.2 Å². The molecule has 5 nitrogen and oxygen atoms in total. The van der Waals surface area contributed by atoms with Crippen molar-refractivity contribution in [2.24, 2.45) is 0 Å². The van der Waals surface area contributed by atoms with E-state index in [2.05, 4.69) is 0 Å². The highest BCUT2D eigenvalue weighted by molar-refractivity contribution is 5.65. The molecule has 1 aromatic carbocycles. The fourth-order valence-electron chi connectivity index (χ4n) is 2.29. The number of rotatable bonds is 2. The van der Waals surface area contributed by atoms with E-state index < -0.39 is 23.4 Å². The first-order valence-corrected chi connectivity index (χ1v) is 6.57. The molecule has 22 heavy (non-hydrogen) atoms. The molecule has 2 rings (SSSR count). The summed E-state index contributed by atoms with van der Waals surface area (Å²) in [7, 11) is 0. The summed E-state index contributed by atoms with van der Waals surface area (Å²) in [5.74, 6) is 0.179. The van der Waals surface area contributed by atoms with Gasteiger partial charge in [-0.05, 0) is 18.2 Å². The predicted molar refractivity (Wildman–Crippen MR) is 69.4 cm³/mol. The number of benzene rings is 1. The number of halogens is 3. The van der Waals surface area contributed by atoms with Crippen molar-refractivity contribution in [2.75, 3.05) is 13.1 Å². The lowest BCUT2D eigenvalue weighted by Crippen LogP contribution is -2.41. The number of amides is 1. The van der Waals surface area contributed by atoms with Crippen molar-refractivity contribution in [3.63, 3.8) is 0 Å². The van der Waals surface area contributed by atoms with E-state index in [9.17, 15) is 18.0 Å². The van der Waals surface area contributed by atoms with Crippen LogP contribution in [0.15, 0.2) is 18.2 Å². The Morgan fingerprint density at radius 2 is 2.00 bits per heavy atom. The Bertz CT molecular complexity index is 602. The number of carboxylic acid groups (broad SMARTS) is 1. The minimum atomic E-state index is -4.59. The van der Waals surface area contributed by atoms with Crippen molar-refractivity contribution in [3.05, 3.63) is 29.3 Å². The van der Waals surface area contributed by atoms with Crippen molar-refractivity contribution < 1.29 is 27.8 Å². The Morgan fingerprint density at radius 1 is 1.36 bits per heavy atom. The number of ether oxygens (including phenoxy) is 1. The lowest BCUT2D eigenvalue weighted by Gasteiger charge is -2.30. The summed E-state index contributed by atoms with van der Waals surface area (Å²) in [5, 5.41) is 17.7. The second-order valence-electron chi connectivity index (χ2n) is 4.90. The van der Waals surface area contributed by atoms with E-state index in [4.69, 9.17) is 15.1 Å². The number of piperidine rings is 1. The average molecular weight is 314 g/mol. The fraction of sp³-hybridized carbons (Fsp3) is 0.429. The lowest BCUT2D eigenvalue weighted by molar-refractivity contribution is -0.137. The maximum Gasteiger partial charge on any atom is 0.417 e. The Hall–Kier alpha value is -2.43. The third-order valence-electron chi connectivity index (χ3n) is 3.43. The fourth-order valence-corrected chi connectivity index (χ4v) is 2.29. The first-order valence-electron chi connectivity index (χ1n) is 6.57. The van der Waals surface area contributed by atoms with Crippen LogP contribution < -0.4 is 4.74 Å². The maximum atomic E-state index is 12.7. The molecular formula is C14H13F3N2O3. The molecule has 1 heterocycles. The monoisotopic (exact) mass is 314 g/mol. The molecule has 0 radical (unpaired) electrons. The maximum absolute atomic E-state index is 12.7. The zero-order chi connectivity index (χ0) is 16.3. The van der Waals surface area contributed by atoms with Crippen LogP contribution in [0.5, 0.6) is 5.75 Å². The lowest BCUT2D eigenvalue weighted by atomic mass is 10.1. The summed E-state index contributed by atoms with van der Waals surface area (Å²) >= 11 is 0. The highest BCUT2D eigenvalue weighted by Gasteiger charge is 2.34. The molecule has 1 aliphatic heterocycles. The molecule has 0 saturated carbocycles. The molecule has 1 N–H and O–H groups in total. The zero-order valence-electron chi connectivity index (χ0n) is 11.4. The minimum absolute atomic E-state index is 0.179. The van der Waals surface area contributed by atoms with Crippen molar-refractivity contribution in [1.29, 1.82) is 5.26 Å². The molecule has 1 fully saturated rings. The highest BCUT2D eigenvalue weighted by atomic mass is 19.4. The van der Waals surface area contributed by atoms with Gasteiger partial charge in [0.25, 0.3) is 0 Å². The van der Waals surface area contributed by atoms with Crippen molar-refractivity contribution >= 4 is 6.09 Å². The molecule has 8 heteroatoms. The van der Waals surface area contributed by atoms with Crippen LogP contribution in [0.4, 0.5) is 18.0 Å². The van der Waals surface area contributed by atoms with Gasteiger partial charge in [-0.1, -0.05) is 0 Å². The standard InChI is InChI=1S/C14H13F3N2O3/c15-14(16,17)12-2-1-11(7-9(12)8-18)22-10-3-5-19(6-4-10)13(20)21/h1-2,7,10H,3-6H2,(H,20,21). The number of hydrogen-bond donors (Lipinski definition) is 1. The summed E-state index contributed by atoms with van der Waals surface area (Å²) in [6.45, 7) is 0.623. The molecule has 0 aromatic heterocycles. The first-order chi connectivity index (χ1) is 10.3. The van der Waals surface area contributed by atoms with E-state index in [1.165, 1.54) is 17.0 Å². The second-order valence-corrected chi connectivity index (χ2v) is 4.90. The Balaban J connectivity index is 2.06. The molecule has 0 unspecified atom stereocenters.